The number of imidazole rings is 1. The van der Waals surface area contributed by atoms with Crippen LogP contribution in [0.2, 0.25) is 0 Å². The van der Waals surface area contributed by atoms with Gasteiger partial charge < -0.3 is 10.3 Å². The van der Waals surface area contributed by atoms with Gasteiger partial charge in [0.15, 0.2) is 0 Å². The van der Waals surface area contributed by atoms with Crippen LogP contribution in [0.5, 0.6) is 0 Å². The van der Waals surface area contributed by atoms with E-state index in [1.54, 1.807) is 17.5 Å². The second-order valence-electron chi connectivity index (χ2n) is 5.60. The van der Waals surface area contributed by atoms with Crippen molar-refractivity contribution in [2.24, 2.45) is 0 Å². The van der Waals surface area contributed by atoms with Crippen LogP contribution in [0.25, 0.3) is 22.4 Å². The van der Waals surface area contributed by atoms with Crippen LogP contribution in [0.15, 0.2) is 65.1 Å². The van der Waals surface area contributed by atoms with Crippen LogP contribution in [0.1, 0.15) is 4.88 Å². The number of benzene rings is 1. The highest BCUT2D eigenvalue weighted by atomic mass is 32.2. The molecule has 0 saturated carbocycles. The molecule has 0 atom stereocenters. The zero-order valence-corrected chi connectivity index (χ0v) is 15.4. The summed E-state index contributed by atoms with van der Waals surface area (Å²) in [5.74, 6) is 1.07. The zero-order chi connectivity index (χ0) is 17.8. The first-order chi connectivity index (χ1) is 12.8. The quantitative estimate of drug-likeness (QED) is 0.494. The molecule has 26 heavy (non-hydrogen) atoms. The summed E-state index contributed by atoms with van der Waals surface area (Å²) in [5, 5.41) is 5.73. The molecule has 4 rings (SSSR count). The van der Waals surface area contributed by atoms with Gasteiger partial charge in [-0.25, -0.2) is 9.97 Å². The molecule has 0 spiro atoms. The molecule has 3 aromatic heterocycles. The third-order valence-corrected chi connectivity index (χ3v) is 5.68. The van der Waals surface area contributed by atoms with E-state index >= 15 is 0 Å². The summed E-state index contributed by atoms with van der Waals surface area (Å²) in [6, 6.07) is 15.7. The van der Waals surface area contributed by atoms with Crippen molar-refractivity contribution in [3.8, 4) is 11.4 Å². The minimum Gasteiger partial charge on any atom is -0.350 e. The Morgan fingerprint density at radius 1 is 1.15 bits per heavy atom. The van der Waals surface area contributed by atoms with Gasteiger partial charge in [-0.15, -0.1) is 11.3 Å². The number of rotatable bonds is 6. The highest BCUT2D eigenvalue weighted by Crippen LogP contribution is 2.29. The van der Waals surface area contributed by atoms with Crippen LogP contribution >= 0.6 is 23.1 Å². The van der Waals surface area contributed by atoms with Crippen molar-refractivity contribution in [3.05, 3.63) is 65.0 Å². The Bertz CT molecular complexity index is 994. The first-order valence-corrected chi connectivity index (χ1v) is 9.98. The summed E-state index contributed by atoms with van der Waals surface area (Å²) in [6.45, 7) is 0.565. The number of thiophene rings is 1. The van der Waals surface area contributed by atoms with Crippen LogP contribution < -0.4 is 5.32 Å². The number of aromatic amines is 1. The third-order valence-electron chi connectivity index (χ3n) is 3.80. The molecule has 0 aliphatic heterocycles. The van der Waals surface area contributed by atoms with E-state index < -0.39 is 0 Å². The molecule has 3 heterocycles. The van der Waals surface area contributed by atoms with Gasteiger partial charge in [0.05, 0.1) is 23.3 Å². The lowest BCUT2D eigenvalue weighted by Gasteiger charge is -2.06. The highest BCUT2D eigenvalue weighted by Gasteiger charge is 2.12. The summed E-state index contributed by atoms with van der Waals surface area (Å²) in [7, 11) is 0. The lowest BCUT2D eigenvalue weighted by molar-refractivity contribution is -0.118. The van der Waals surface area contributed by atoms with Crippen molar-refractivity contribution < 1.29 is 4.79 Å². The topological polar surface area (TPSA) is 70.7 Å². The molecule has 0 fully saturated rings. The first-order valence-electron chi connectivity index (χ1n) is 8.11. The van der Waals surface area contributed by atoms with Gasteiger partial charge in [-0.2, -0.15) is 0 Å². The molecule has 5 nitrogen and oxygen atoms in total. The normalized spacial score (nSPS) is 10.9. The molecule has 2 N–H and O–H groups in total. The molecule has 0 unspecified atom stereocenters. The maximum Gasteiger partial charge on any atom is 0.230 e. The zero-order valence-electron chi connectivity index (χ0n) is 13.8. The molecule has 4 aromatic rings. The number of para-hydroxylation sites is 2. The molecular weight excluding hydrogens is 364 g/mol. The second-order valence-corrected chi connectivity index (χ2v) is 7.60. The van der Waals surface area contributed by atoms with Gasteiger partial charge in [0.2, 0.25) is 5.91 Å². The molecule has 7 heteroatoms. The Hall–Kier alpha value is -2.64. The van der Waals surface area contributed by atoms with E-state index in [-0.39, 0.29) is 5.91 Å². The maximum absolute atomic E-state index is 12.1. The number of nitrogens with one attached hydrogen (secondary N) is 2. The molecule has 0 radical (unpaired) electrons. The monoisotopic (exact) mass is 380 g/mol. The fraction of sp³-hybridized carbons (Fsp3) is 0.105. The molecular formula is C19H16N4OS2. The van der Waals surface area contributed by atoms with Crippen molar-refractivity contribution in [1.29, 1.82) is 0 Å². The summed E-state index contributed by atoms with van der Waals surface area (Å²) in [4.78, 5) is 25.6. The molecule has 1 amide bonds. The Labute approximate surface area is 158 Å². The number of nitrogens with zero attached hydrogens (tertiary/aromatic N) is 2. The van der Waals surface area contributed by atoms with Crippen LogP contribution in [0.3, 0.4) is 0 Å². The largest absolute Gasteiger partial charge is 0.350 e. The number of aromatic nitrogens is 3. The minimum atomic E-state index is -0.00962. The number of fused-ring (bicyclic) bond motifs is 1. The number of hydrogen-bond donors (Lipinski definition) is 2. The summed E-state index contributed by atoms with van der Waals surface area (Å²) < 4.78 is 0. The van der Waals surface area contributed by atoms with E-state index in [0.717, 1.165) is 32.3 Å². The van der Waals surface area contributed by atoms with Gasteiger partial charge in [-0.1, -0.05) is 30.0 Å². The molecule has 0 aliphatic carbocycles. The molecule has 1 aromatic carbocycles. The van der Waals surface area contributed by atoms with Crippen molar-refractivity contribution in [2.75, 3.05) is 5.75 Å². The van der Waals surface area contributed by atoms with E-state index in [4.69, 9.17) is 0 Å². The number of amides is 1. The Kier molecular flexibility index (Phi) is 4.99. The molecule has 0 saturated heterocycles. The van der Waals surface area contributed by atoms with Crippen molar-refractivity contribution in [3.63, 3.8) is 0 Å². The van der Waals surface area contributed by atoms with Crippen molar-refractivity contribution >= 4 is 40.0 Å². The Morgan fingerprint density at radius 2 is 2.08 bits per heavy atom. The Balaban J connectivity index is 1.46. The average molecular weight is 380 g/mol. The van der Waals surface area contributed by atoms with Gasteiger partial charge in [0.25, 0.3) is 0 Å². The number of thioether (sulfide) groups is 1. The predicted octanol–water partition coefficient (Wildman–Crippen LogP) is 4.09. The number of hydrogen-bond acceptors (Lipinski definition) is 5. The predicted molar refractivity (Wildman–Crippen MR) is 106 cm³/mol. The number of H-pyrrole nitrogens is 1. The van der Waals surface area contributed by atoms with Gasteiger partial charge in [-0.3, -0.25) is 4.79 Å². The smallest absolute Gasteiger partial charge is 0.230 e. The Morgan fingerprint density at radius 3 is 2.92 bits per heavy atom. The van der Waals surface area contributed by atoms with Crippen molar-refractivity contribution in [1.82, 2.24) is 20.3 Å². The number of carbonyl (C=O) groups is 1. The van der Waals surface area contributed by atoms with E-state index in [1.165, 1.54) is 11.8 Å². The molecule has 130 valence electrons. The fourth-order valence-corrected chi connectivity index (χ4v) is 4.02. The van der Waals surface area contributed by atoms with Crippen LogP contribution in [-0.2, 0) is 11.3 Å². The fourth-order valence-electron chi connectivity index (χ4n) is 2.55. The van der Waals surface area contributed by atoms with E-state index in [2.05, 4.69) is 20.3 Å². The standard InChI is InChI=1S/C19H16N4OS2/c24-17(21-11-13-5-4-10-25-13)12-26-19-14(6-3-9-20-19)18-22-15-7-1-2-8-16(15)23-18/h1-10H,11-12H2,(H,21,24)(H,22,23). The third kappa shape index (κ3) is 3.79. The van der Waals surface area contributed by atoms with E-state index in [9.17, 15) is 4.79 Å². The van der Waals surface area contributed by atoms with E-state index in [1.807, 2.05) is 53.9 Å². The average Bonchev–Trinajstić information content (AvgIpc) is 3.34. The highest BCUT2D eigenvalue weighted by molar-refractivity contribution is 8.00. The van der Waals surface area contributed by atoms with Crippen LogP contribution in [0, 0.1) is 0 Å². The summed E-state index contributed by atoms with van der Waals surface area (Å²) >= 11 is 3.05. The van der Waals surface area contributed by atoms with Gasteiger partial charge in [0, 0.05) is 16.6 Å². The van der Waals surface area contributed by atoms with Gasteiger partial charge >= 0.3 is 0 Å². The summed E-state index contributed by atoms with van der Waals surface area (Å²) in [6.07, 6.45) is 1.73. The van der Waals surface area contributed by atoms with E-state index in [0.29, 0.717) is 12.3 Å². The van der Waals surface area contributed by atoms with Gasteiger partial charge in [0.1, 0.15) is 10.9 Å². The van der Waals surface area contributed by atoms with Crippen LogP contribution in [-0.4, -0.2) is 26.6 Å². The first kappa shape index (κ1) is 16.8. The SMILES string of the molecule is O=C(CSc1ncccc1-c1nc2ccccc2[nH]1)NCc1cccs1. The minimum absolute atomic E-state index is 0.00962. The van der Waals surface area contributed by atoms with Gasteiger partial charge in [-0.05, 0) is 35.7 Å². The second kappa shape index (κ2) is 7.72. The lowest BCUT2D eigenvalue weighted by atomic mass is 10.3. The lowest BCUT2D eigenvalue weighted by Crippen LogP contribution is -2.24. The summed E-state index contributed by atoms with van der Waals surface area (Å²) in [5.41, 5.74) is 2.80. The van der Waals surface area contributed by atoms with Crippen LogP contribution in [0.4, 0.5) is 0 Å². The molecule has 0 aliphatic rings. The maximum atomic E-state index is 12.1. The van der Waals surface area contributed by atoms with Crippen molar-refractivity contribution in [2.45, 2.75) is 11.6 Å². The molecule has 0 bridgehead atoms. The number of pyridine rings is 1. The number of carbonyl (C=O) groups excluding carboxylic acids is 1.